The van der Waals surface area contributed by atoms with Crippen molar-refractivity contribution in [2.24, 2.45) is 0 Å². The summed E-state index contributed by atoms with van der Waals surface area (Å²) < 4.78 is 14.4. The van der Waals surface area contributed by atoms with E-state index in [9.17, 15) is 9.18 Å². The first-order valence-electron chi connectivity index (χ1n) is 5.73. The number of nitrogens with one attached hydrogen (secondary N) is 1. The second-order valence-corrected chi connectivity index (χ2v) is 4.82. The Morgan fingerprint density at radius 2 is 2.11 bits per heavy atom. The van der Waals surface area contributed by atoms with Crippen LogP contribution in [-0.4, -0.2) is 14.8 Å². The summed E-state index contributed by atoms with van der Waals surface area (Å²) in [6.45, 7) is 2.66. The Morgan fingerprint density at radius 3 is 2.78 bits per heavy atom. The zero-order valence-corrected chi connectivity index (χ0v) is 10.8. The Hall–Kier alpha value is -1.56. The zero-order valence-electron chi connectivity index (χ0n) is 10.0. The minimum Gasteiger partial charge on any atom is -0.270 e. The summed E-state index contributed by atoms with van der Waals surface area (Å²) in [4.78, 5) is 11.5. The second-order valence-electron chi connectivity index (χ2n) is 3.88. The maximum atomic E-state index is 12.7. The van der Waals surface area contributed by atoms with Crippen molar-refractivity contribution < 1.29 is 4.39 Å². The SMILES string of the molecule is CCCn1c(SCc2ccc(F)cc2)n[nH]c1=O. The molecule has 0 fully saturated rings. The van der Waals surface area contributed by atoms with E-state index in [1.165, 1.54) is 23.9 Å². The van der Waals surface area contributed by atoms with Gasteiger partial charge in [-0.1, -0.05) is 30.8 Å². The highest BCUT2D eigenvalue weighted by molar-refractivity contribution is 7.98. The van der Waals surface area contributed by atoms with E-state index in [-0.39, 0.29) is 11.5 Å². The molecule has 96 valence electrons. The molecule has 0 bridgehead atoms. The molecule has 18 heavy (non-hydrogen) atoms. The molecule has 2 rings (SSSR count). The lowest BCUT2D eigenvalue weighted by molar-refractivity contribution is 0.604. The van der Waals surface area contributed by atoms with Crippen LogP contribution in [0, 0.1) is 5.82 Å². The summed E-state index contributed by atoms with van der Waals surface area (Å²) in [5, 5.41) is 7.10. The average Bonchev–Trinajstić information content (AvgIpc) is 2.71. The first-order valence-corrected chi connectivity index (χ1v) is 6.71. The third kappa shape index (κ3) is 3.01. The molecule has 0 aliphatic carbocycles. The molecule has 0 amide bonds. The molecule has 1 heterocycles. The highest BCUT2D eigenvalue weighted by Gasteiger charge is 2.08. The van der Waals surface area contributed by atoms with Gasteiger partial charge in [0.1, 0.15) is 5.82 Å². The molecule has 0 radical (unpaired) electrons. The topological polar surface area (TPSA) is 50.7 Å². The molecular weight excluding hydrogens is 253 g/mol. The van der Waals surface area contributed by atoms with Crippen molar-refractivity contribution in [2.75, 3.05) is 0 Å². The Morgan fingerprint density at radius 1 is 1.39 bits per heavy atom. The van der Waals surface area contributed by atoms with Crippen LogP contribution in [0.3, 0.4) is 0 Å². The van der Waals surface area contributed by atoms with Gasteiger partial charge < -0.3 is 0 Å². The first-order chi connectivity index (χ1) is 8.70. The van der Waals surface area contributed by atoms with Crippen molar-refractivity contribution in [3.8, 4) is 0 Å². The lowest BCUT2D eigenvalue weighted by atomic mass is 10.2. The van der Waals surface area contributed by atoms with Crippen LogP contribution in [0.15, 0.2) is 34.2 Å². The number of benzene rings is 1. The summed E-state index contributed by atoms with van der Waals surface area (Å²) in [5.74, 6) is 0.417. The van der Waals surface area contributed by atoms with E-state index in [0.717, 1.165) is 12.0 Å². The maximum Gasteiger partial charge on any atom is 0.343 e. The zero-order chi connectivity index (χ0) is 13.0. The van der Waals surface area contributed by atoms with Crippen LogP contribution in [0.25, 0.3) is 0 Å². The fourth-order valence-electron chi connectivity index (χ4n) is 1.56. The summed E-state index contributed by atoms with van der Waals surface area (Å²) >= 11 is 1.46. The Balaban J connectivity index is 2.06. The quantitative estimate of drug-likeness (QED) is 0.846. The largest absolute Gasteiger partial charge is 0.343 e. The third-order valence-corrected chi connectivity index (χ3v) is 3.50. The summed E-state index contributed by atoms with van der Waals surface area (Å²) in [6.07, 6.45) is 0.879. The molecule has 0 saturated heterocycles. The van der Waals surface area contributed by atoms with Crippen molar-refractivity contribution in [3.63, 3.8) is 0 Å². The second kappa shape index (κ2) is 5.86. The first kappa shape index (κ1) is 12.9. The summed E-state index contributed by atoms with van der Waals surface area (Å²) in [7, 11) is 0. The van der Waals surface area contributed by atoms with Gasteiger partial charge in [0.25, 0.3) is 0 Å². The monoisotopic (exact) mass is 267 g/mol. The molecule has 0 spiro atoms. The molecule has 6 heteroatoms. The number of nitrogens with zero attached hydrogens (tertiary/aromatic N) is 2. The van der Waals surface area contributed by atoms with E-state index < -0.39 is 0 Å². The summed E-state index contributed by atoms with van der Waals surface area (Å²) in [5.41, 5.74) is 0.818. The van der Waals surface area contributed by atoms with E-state index in [1.54, 1.807) is 16.7 Å². The number of hydrogen-bond acceptors (Lipinski definition) is 3. The van der Waals surface area contributed by atoms with Crippen molar-refractivity contribution in [3.05, 3.63) is 46.1 Å². The predicted octanol–water partition coefficient (Wildman–Crippen LogP) is 2.41. The van der Waals surface area contributed by atoms with Crippen molar-refractivity contribution in [1.82, 2.24) is 14.8 Å². The van der Waals surface area contributed by atoms with E-state index in [2.05, 4.69) is 10.2 Å². The fourth-order valence-corrected chi connectivity index (χ4v) is 2.49. The van der Waals surface area contributed by atoms with Gasteiger partial charge in [-0.05, 0) is 24.1 Å². The lowest BCUT2D eigenvalue weighted by Gasteiger charge is -2.03. The van der Waals surface area contributed by atoms with Gasteiger partial charge in [0, 0.05) is 12.3 Å². The van der Waals surface area contributed by atoms with Crippen LogP contribution in [0.5, 0.6) is 0 Å². The number of halogens is 1. The molecule has 1 aromatic heterocycles. The van der Waals surface area contributed by atoms with E-state index in [4.69, 9.17) is 0 Å². The molecular formula is C12H14FN3OS. The molecule has 1 N–H and O–H groups in total. The molecule has 0 aliphatic heterocycles. The van der Waals surface area contributed by atoms with Gasteiger partial charge >= 0.3 is 5.69 Å². The molecule has 0 atom stereocenters. The average molecular weight is 267 g/mol. The van der Waals surface area contributed by atoms with Crippen LogP contribution in [0.1, 0.15) is 18.9 Å². The van der Waals surface area contributed by atoms with Crippen LogP contribution in [-0.2, 0) is 12.3 Å². The van der Waals surface area contributed by atoms with Crippen molar-refractivity contribution in [1.29, 1.82) is 0 Å². The van der Waals surface area contributed by atoms with Gasteiger partial charge in [-0.15, -0.1) is 5.10 Å². The van der Waals surface area contributed by atoms with Crippen LogP contribution >= 0.6 is 11.8 Å². The van der Waals surface area contributed by atoms with Gasteiger partial charge in [-0.3, -0.25) is 4.57 Å². The normalized spacial score (nSPS) is 10.8. The molecule has 0 unspecified atom stereocenters. The van der Waals surface area contributed by atoms with Gasteiger partial charge in [0.05, 0.1) is 0 Å². The number of aromatic amines is 1. The number of H-pyrrole nitrogens is 1. The highest BCUT2D eigenvalue weighted by Crippen LogP contribution is 2.19. The number of thioether (sulfide) groups is 1. The Bertz CT molecular complexity index is 561. The minimum atomic E-state index is -0.244. The van der Waals surface area contributed by atoms with E-state index in [1.807, 2.05) is 6.92 Å². The lowest BCUT2D eigenvalue weighted by Crippen LogP contribution is -2.17. The van der Waals surface area contributed by atoms with Gasteiger partial charge in [0.15, 0.2) is 5.16 Å². The predicted molar refractivity (Wildman–Crippen MR) is 69.1 cm³/mol. The Labute approximate surface area is 108 Å². The number of aromatic nitrogens is 3. The van der Waals surface area contributed by atoms with Crippen molar-refractivity contribution in [2.45, 2.75) is 30.8 Å². The van der Waals surface area contributed by atoms with Gasteiger partial charge in [0.2, 0.25) is 0 Å². The number of hydrogen-bond donors (Lipinski definition) is 1. The fraction of sp³-hybridized carbons (Fsp3) is 0.333. The van der Waals surface area contributed by atoms with Crippen LogP contribution in [0.2, 0.25) is 0 Å². The summed E-state index contributed by atoms with van der Waals surface area (Å²) in [6, 6.07) is 6.33. The Kier molecular flexibility index (Phi) is 4.19. The maximum absolute atomic E-state index is 12.7. The van der Waals surface area contributed by atoms with Crippen LogP contribution < -0.4 is 5.69 Å². The van der Waals surface area contributed by atoms with E-state index >= 15 is 0 Å². The molecule has 0 saturated carbocycles. The smallest absolute Gasteiger partial charge is 0.270 e. The van der Waals surface area contributed by atoms with Gasteiger partial charge in [-0.2, -0.15) is 0 Å². The molecule has 2 aromatic rings. The molecule has 1 aromatic carbocycles. The third-order valence-electron chi connectivity index (χ3n) is 2.45. The molecule has 0 aliphatic rings. The minimum absolute atomic E-state index is 0.182. The van der Waals surface area contributed by atoms with Crippen LogP contribution in [0.4, 0.5) is 4.39 Å². The van der Waals surface area contributed by atoms with Crippen molar-refractivity contribution >= 4 is 11.8 Å². The standard InChI is InChI=1S/C12H14FN3OS/c1-2-7-16-11(17)14-15-12(16)18-8-9-3-5-10(13)6-4-9/h3-6H,2,7-8H2,1H3,(H,14,17). The van der Waals surface area contributed by atoms with Gasteiger partial charge in [-0.25, -0.2) is 14.3 Å². The highest BCUT2D eigenvalue weighted by atomic mass is 32.2. The van der Waals surface area contributed by atoms with E-state index in [0.29, 0.717) is 17.5 Å². The molecule has 4 nitrogen and oxygen atoms in total. The number of rotatable bonds is 5.